The number of rotatable bonds is 25. The Morgan fingerprint density at radius 3 is 1.11 bits per heavy atom. The van der Waals surface area contributed by atoms with E-state index in [4.69, 9.17) is 14.8 Å². The summed E-state index contributed by atoms with van der Waals surface area (Å²) in [5, 5.41) is 13.9. The van der Waals surface area contributed by atoms with Gasteiger partial charge in [-0.25, -0.2) is 0 Å². The van der Waals surface area contributed by atoms with Gasteiger partial charge in [0.1, 0.15) is 0 Å². The molecule has 0 rings (SSSR count). The van der Waals surface area contributed by atoms with Crippen LogP contribution in [-0.4, -0.2) is 58.9 Å². The predicted molar refractivity (Wildman–Crippen MR) is 157 cm³/mol. The summed E-state index contributed by atoms with van der Waals surface area (Å²) in [5.41, 5.74) is 0. The normalized spacial score (nSPS) is 12.2. The summed E-state index contributed by atoms with van der Waals surface area (Å²) in [7, 11) is -4.47. The number of hydrogen-bond acceptors (Lipinski definition) is 4. The zero-order valence-corrected chi connectivity index (χ0v) is 25.7. The van der Waals surface area contributed by atoms with Crippen molar-refractivity contribution in [2.75, 3.05) is 18.5 Å². The molecule has 0 aliphatic rings. The van der Waals surface area contributed by atoms with Crippen LogP contribution in [0, 0.1) is 0 Å². The lowest BCUT2D eigenvalue weighted by Crippen LogP contribution is -2.31. The molecule has 0 aromatic carbocycles. The largest absolute Gasteiger partial charge is 0.481 e. The lowest BCUT2D eigenvalue weighted by molar-refractivity contribution is -0.143. The zero-order chi connectivity index (χ0) is 28.4. The van der Waals surface area contributed by atoms with E-state index in [1.165, 1.54) is 116 Å². The maximum Gasteiger partial charge on any atom is 0.325 e. The SMILES string of the molecule is CCCCCCCCP(CCCCCCCC)CCCCCCCC.O=C(O)CC(C(=O)O)S(=O)(=O)O. The number of unbranched alkanes of at least 4 members (excludes halogenated alkanes) is 15. The summed E-state index contributed by atoms with van der Waals surface area (Å²) < 4.78 is 28.7. The standard InChI is InChI=1S/C24H51P.C4H6O7S/c1-4-7-10-13-16-19-22-25(23-20-17-14-11-8-5-2)24-21-18-15-12-9-6-3;5-3(6)1-2(4(7)8)12(9,10)11/h4-24H2,1-3H3;2H,1H2,(H,5,6)(H,7,8)(H,9,10,11). The molecular formula is C28H57O7PS. The van der Waals surface area contributed by atoms with Crippen LogP contribution < -0.4 is 0 Å². The second kappa shape index (κ2) is 26.9. The molecule has 0 saturated heterocycles. The first kappa shape index (κ1) is 38.4. The maximum atomic E-state index is 10.2. The maximum absolute atomic E-state index is 10.2. The molecule has 0 bridgehead atoms. The Balaban J connectivity index is 0. The summed E-state index contributed by atoms with van der Waals surface area (Å²) in [5.74, 6) is -3.50. The molecule has 0 amide bonds. The van der Waals surface area contributed by atoms with Crippen molar-refractivity contribution in [2.45, 2.75) is 148 Å². The van der Waals surface area contributed by atoms with E-state index < -0.39 is 33.7 Å². The van der Waals surface area contributed by atoms with Crippen LogP contribution in [-0.2, 0) is 19.7 Å². The third-order valence-corrected chi connectivity index (χ3v) is 10.4. The molecule has 0 fully saturated rings. The highest BCUT2D eigenvalue weighted by molar-refractivity contribution is 7.87. The second-order valence-corrected chi connectivity index (χ2v) is 14.4. The zero-order valence-electron chi connectivity index (χ0n) is 24.0. The van der Waals surface area contributed by atoms with Crippen LogP contribution in [0.3, 0.4) is 0 Å². The van der Waals surface area contributed by atoms with Gasteiger partial charge in [0.2, 0.25) is 0 Å². The topological polar surface area (TPSA) is 129 Å². The van der Waals surface area contributed by atoms with Crippen molar-refractivity contribution in [2.24, 2.45) is 0 Å². The predicted octanol–water partition coefficient (Wildman–Crippen LogP) is 8.35. The van der Waals surface area contributed by atoms with Crippen molar-refractivity contribution in [1.82, 2.24) is 0 Å². The molecule has 0 aliphatic carbocycles. The summed E-state index contributed by atoms with van der Waals surface area (Å²) in [6.45, 7) is 6.96. The Kier molecular flexibility index (Phi) is 27.9. The highest BCUT2D eigenvalue weighted by Crippen LogP contribution is 2.39. The number of carboxylic acids is 2. The van der Waals surface area contributed by atoms with Gasteiger partial charge >= 0.3 is 11.9 Å². The molecule has 3 N–H and O–H groups in total. The van der Waals surface area contributed by atoms with Gasteiger partial charge in [-0.2, -0.15) is 8.42 Å². The van der Waals surface area contributed by atoms with Gasteiger partial charge in [0.25, 0.3) is 10.1 Å². The number of hydrogen-bond donors (Lipinski definition) is 3. The molecule has 0 aliphatic heterocycles. The average molecular weight is 569 g/mol. The van der Waals surface area contributed by atoms with Crippen LogP contribution in [0.15, 0.2) is 0 Å². The van der Waals surface area contributed by atoms with E-state index in [0.717, 1.165) is 0 Å². The fourth-order valence-electron chi connectivity index (χ4n) is 4.16. The fourth-order valence-corrected chi connectivity index (χ4v) is 7.45. The molecule has 0 spiro atoms. The van der Waals surface area contributed by atoms with Crippen molar-refractivity contribution in [3.05, 3.63) is 0 Å². The van der Waals surface area contributed by atoms with E-state index in [2.05, 4.69) is 20.8 Å². The highest BCUT2D eigenvalue weighted by atomic mass is 32.2. The molecule has 0 saturated carbocycles. The molecule has 0 heterocycles. The molecule has 0 aromatic rings. The molecule has 37 heavy (non-hydrogen) atoms. The van der Waals surface area contributed by atoms with Crippen LogP contribution in [0.4, 0.5) is 0 Å². The number of carbonyl (C=O) groups is 2. The monoisotopic (exact) mass is 568 g/mol. The molecule has 0 aromatic heterocycles. The molecule has 9 heteroatoms. The lowest BCUT2D eigenvalue weighted by Gasteiger charge is -2.18. The van der Waals surface area contributed by atoms with Crippen LogP contribution in [0.2, 0.25) is 0 Å². The first-order valence-corrected chi connectivity index (χ1v) is 18.1. The minimum atomic E-state index is -4.84. The van der Waals surface area contributed by atoms with E-state index in [9.17, 15) is 18.0 Å². The van der Waals surface area contributed by atoms with Gasteiger partial charge in [-0.3, -0.25) is 14.1 Å². The van der Waals surface area contributed by atoms with Gasteiger partial charge in [0.15, 0.2) is 5.25 Å². The van der Waals surface area contributed by atoms with Crippen LogP contribution in [0.25, 0.3) is 0 Å². The van der Waals surface area contributed by atoms with Crippen LogP contribution in [0.5, 0.6) is 0 Å². The van der Waals surface area contributed by atoms with E-state index in [0.29, 0.717) is 7.92 Å². The quantitative estimate of drug-likeness (QED) is 0.0573. The van der Waals surface area contributed by atoms with Crippen molar-refractivity contribution in [1.29, 1.82) is 0 Å². The summed E-state index contributed by atoms with van der Waals surface area (Å²) in [6, 6.07) is 0. The molecule has 7 nitrogen and oxygen atoms in total. The Bertz CT molecular complexity index is 602. The van der Waals surface area contributed by atoms with Gasteiger partial charge < -0.3 is 10.2 Å². The van der Waals surface area contributed by atoms with Crippen molar-refractivity contribution in [3.8, 4) is 0 Å². The minimum Gasteiger partial charge on any atom is -0.481 e. The first-order chi connectivity index (χ1) is 17.6. The van der Waals surface area contributed by atoms with Crippen LogP contribution >= 0.6 is 7.92 Å². The van der Waals surface area contributed by atoms with Crippen molar-refractivity contribution in [3.63, 3.8) is 0 Å². The third kappa shape index (κ3) is 28.1. The Morgan fingerprint density at radius 2 is 0.892 bits per heavy atom. The fraction of sp³-hybridized carbons (Fsp3) is 0.929. The van der Waals surface area contributed by atoms with E-state index >= 15 is 0 Å². The van der Waals surface area contributed by atoms with Gasteiger partial charge in [-0.1, -0.05) is 117 Å². The second-order valence-electron chi connectivity index (χ2n) is 10.1. The average Bonchev–Trinajstić information content (AvgIpc) is 2.83. The molecular weight excluding hydrogens is 511 g/mol. The molecule has 0 radical (unpaired) electrons. The van der Waals surface area contributed by atoms with Crippen LogP contribution in [0.1, 0.15) is 143 Å². The minimum absolute atomic E-state index is 0.366. The van der Waals surface area contributed by atoms with Crippen molar-refractivity contribution < 1.29 is 32.8 Å². The Labute approximate surface area is 229 Å². The van der Waals surface area contributed by atoms with Crippen molar-refractivity contribution >= 4 is 30.0 Å². The summed E-state index contributed by atoms with van der Waals surface area (Å²) >= 11 is 0. The first-order valence-electron chi connectivity index (χ1n) is 14.7. The van der Waals surface area contributed by atoms with E-state index in [-0.39, 0.29) is 0 Å². The molecule has 1 atom stereocenters. The molecule has 1 unspecified atom stereocenters. The highest BCUT2D eigenvalue weighted by Gasteiger charge is 2.33. The number of aliphatic carboxylic acids is 2. The van der Waals surface area contributed by atoms with E-state index in [1.54, 1.807) is 18.5 Å². The molecule has 222 valence electrons. The Morgan fingerprint density at radius 1 is 0.595 bits per heavy atom. The lowest BCUT2D eigenvalue weighted by atomic mass is 10.1. The summed E-state index contributed by atoms with van der Waals surface area (Å²) in [4.78, 5) is 20.0. The third-order valence-electron chi connectivity index (χ3n) is 6.48. The smallest absolute Gasteiger partial charge is 0.325 e. The number of carboxylic acid groups (broad SMARTS) is 2. The van der Waals surface area contributed by atoms with Gasteiger partial charge in [0, 0.05) is 0 Å². The van der Waals surface area contributed by atoms with Gasteiger partial charge in [0.05, 0.1) is 6.42 Å². The Hall–Kier alpha value is -0.720. The van der Waals surface area contributed by atoms with Gasteiger partial charge in [-0.15, -0.1) is 7.92 Å². The van der Waals surface area contributed by atoms with E-state index in [1.807, 2.05) is 0 Å². The van der Waals surface area contributed by atoms with Gasteiger partial charge in [-0.05, 0) is 37.7 Å². The summed E-state index contributed by atoms with van der Waals surface area (Å²) in [6.07, 6.45) is 30.1.